The van der Waals surface area contributed by atoms with Gasteiger partial charge < -0.3 is 14.6 Å². The number of β-amino-alcohol motifs (C(OH)–C–C–N with tert-alkyl or cyclic N) is 1. The Bertz CT molecular complexity index is 765. The molecule has 0 fully saturated rings. The van der Waals surface area contributed by atoms with Crippen molar-refractivity contribution in [2.45, 2.75) is 19.2 Å². The lowest BCUT2D eigenvalue weighted by molar-refractivity contribution is 0.0843. The predicted octanol–water partition coefficient (Wildman–Crippen LogP) is 2.62. The number of hydrogen-bond acceptors (Lipinski definition) is 5. The summed E-state index contributed by atoms with van der Waals surface area (Å²) >= 11 is 0. The second kappa shape index (κ2) is 6.91. The summed E-state index contributed by atoms with van der Waals surface area (Å²) in [5, 5.41) is 19.5. The standard InChI is InChI=1S/C19H20N2O3/c1-23-17-7-8-18(24-2)19-15(17)11-21(12-16(19)22)10-14-5-3-13(9-20)4-6-14/h3-8,16,22H,10-12H2,1-2H3. The molecule has 0 bridgehead atoms. The van der Waals surface area contributed by atoms with Gasteiger partial charge in [0.05, 0.1) is 32.0 Å². The van der Waals surface area contributed by atoms with E-state index in [9.17, 15) is 5.11 Å². The molecule has 2 aromatic rings. The molecule has 0 aliphatic carbocycles. The van der Waals surface area contributed by atoms with Crippen LogP contribution in [-0.4, -0.2) is 30.8 Å². The Morgan fingerprint density at radius 1 is 1.12 bits per heavy atom. The van der Waals surface area contributed by atoms with Gasteiger partial charge >= 0.3 is 0 Å². The summed E-state index contributed by atoms with van der Waals surface area (Å²) in [6.07, 6.45) is -0.628. The zero-order valence-electron chi connectivity index (χ0n) is 13.8. The third kappa shape index (κ3) is 3.07. The number of aliphatic hydroxyl groups excluding tert-OH is 1. The largest absolute Gasteiger partial charge is 0.496 e. The van der Waals surface area contributed by atoms with Gasteiger partial charge in [-0.3, -0.25) is 4.90 Å². The van der Waals surface area contributed by atoms with E-state index in [1.807, 2.05) is 36.4 Å². The maximum Gasteiger partial charge on any atom is 0.125 e. The van der Waals surface area contributed by atoms with Crippen molar-refractivity contribution in [2.75, 3.05) is 20.8 Å². The highest BCUT2D eigenvalue weighted by atomic mass is 16.5. The average molecular weight is 324 g/mol. The summed E-state index contributed by atoms with van der Waals surface area (Å²) in [6.45, 7) is 1.89. The fourth-order valence-corrected chi connectivity index (χ4v) is 3.21. The van der Waals surface area contributed by atoms with Crippen LogP contribution in [0.25, 0.3) is 0 Å². The summed E-state index contributed by atoms with van der Waals surface area (Å²) in [6, 6.07) is 13.3. The number of hydrogen-bond donors (Lipinski definition) is 1. The van der Waals surface area contributed by atoms with E-state index in [4.69, 9.17) is 14.7 Å². The third-order valence-electron chi connectivity index (χ3n) is 4.35. The van der Waals surface area contributed by atoms with E-state index in [1.54, 1.807) is 14.2 Å². The van der Waals surface area contributed by atoms with Crippen molar-refractivity contribution in [1.82, 2.24) is 4.90 Å². The first-order valence-electron chi connectivity index (χ1n) is 7.79. The Hall–Kier alpha value is -2.55. The van der Waals surface area contributed by atoms with Crippen LogP contribution in [0.15, 0.2) is 36.4 Å². The molecular weight excluding hydrogens is 304 g/mol. The van der Waals surface area contributed by atoms with Gasteiger partial charge in [-0.25, -0.2) is 0 Å². The third-order valence-corrected chi connectivity index (χ3v) is 4.35. The number of methoxy groups -OCH3 is 2. The fourth-order valence-electron chi connectivity index (χ4n) is 3.21. The first-order chi connectivity index (χ1) is 11.7. The first-order valence-corrected chi connectivity index (χ1v) is 7.79. The molecule has 0 radical (unpaired) electrons. The fraction of sp³-hybridized carbons (Fsp3) is 0.316. The quantitative estimate of drug-likeness (QED) is 0.936. The van der Waals surface area contributed by atoms with Crippen LogP contribution in [0.3, 0.4) is 0 Å². The second-order valence-corrected chi connectivity index (χ2v) is 5.86. The number of fused-ring (bicyclic) bond motifs is 1. The van der Waals surface area contributed by atoms with Gasteiger partial charge in [-0.05, 0) is 29.8 Å². The molecule has 1 heterocycles. The molecule has 0 spiro atoms. The molecule has 5 nitrogen and oxygen atoms in total. The summed E-state index contributed by atoms with van der Waals surface area (Å²) in [5.41, 5.74) is 3.53. The maximum absolute atomic E-state index is 10.6. The van der Waals surface area contributed by atoms with Gasteiger partial charge in [0.15, 0.2) is 0 Å². The molecule has 5 heteroatoms. The Morgan fingerprint density at radius 3 is 2.42 bits per heavy atom. The van der Waals surface area contributed by atoms with E-state index >= 15 is 0 Å². The Kier molecular flexibility index (Phi) is 4.70. The van der Waals surface area contributed by atoms with Crippen LogP contribution in [0.5, 0.6) is 11.5 Å². The highest BCUT2D eigenvalue weighted by molar-refractivity contribution is 5.51. The number of ether oxygens (including phenoxy) is 2. The Balaban J connectivity index is 1.86. The van der Waals surface area contributed by atoms with Gasteiger partial charge in [0, 0.05) is 30.8 Å². The molecular formula is C19H20N2O3. The van der Waals surface area contributed by atoms with Gasteiger partial charge in [0.2, 0.25) is 0 Å². The molecule has 1 aliphatic heterocycles. The molecule has 1 atom stereocenters. The Morgan fingerprint density at radius 2 is 1.79 bits per heavy atom. The molecule has 24 heavy (non-hydrogen) atoms. The summed E-state index contributed by atoms with van der Waals surface area (Å²) in [7, 11) is 3.24. The minimum atomic E-state index is -0.628. The topological polar surface area (TPSA) is 65.7 Å². The van der Waals surface area contributed by atoms with Crippen LogP contribution in [0, 0.1) is 11.3 Å². The van der Waals surface area contributed by atoms with Crippen molar-refractivity contribution < 1.29 is 14.6 Å². The lowest BCUT2D eigenvalue weighted by Crippen LogP contribution is -2.33. The minimum absolute atomic E-state index is 0.524. The predicted molar refractivity (Wildman–Crippen MR) is 89.8 cm³/mol. The summed E-state index contributed by atoms with van der Waals surface area (Å²) < 4.78 is 10.9. The average Bonchev–Trinajstić information content (AvgIpc) is 2.61. The zero-order chi connectivity index (χ0) is 17.1. The van der Waals surface area contributed by atoms with Gasteiger partial charge in [-0.15, -0.1) is 0 Å². The number of nitriles is 1. The zero-order valence-corrected chi connectivity index (χ0v) is 13.8. The summed E-state index contributed by atoms with van der Waals surface area (Å²) in [4.78, 5) is 2.16. The SMILES string of the molecule is COc1ccc(OC)c2c1CN(Cc1ccc(C#N)cc1)CC2O. The summed E-state index contributed by atoms with van der Waals surface area (Å²) in [5.74, 6) is 1.45. The number of rotatable bonds is 4. The molecule has 0 aromatic heterocycles. The Labute approximate surface area is 141 Å². The van der Waals surface area contributed by atoms with Crippen LogP contribution in [0.2, 0.25) is 0 Å². The maximum atomic E-state index is 10.6. The van der Waals surface area contributed by atoms with Crippen LogP contribution < -0.4 is 9.47 Å². The van der Waals surface area contributed by atoms with Crippen molar-refractivity contribution in [1.29, 1.82) is 5.26 Å². The number of benzene rings is 2. The minimum Gasteiger partial charge on any atom is -0.496 e. The highest BCUT2D eigenvalue weighted by Gasteiger charge is 2.29. The van der Waals surface area contributed by atoms with Gasteiger partial charge in [0.1, 0.15) is 11.5 Å². The highest BCUT2D eigenvalue weighted by Crippen LogP contribution is 2.39. The molecule has 1 N–H and O–H groups in total. The first kappa shape index (κ1) is 16.3. The monoisotopic (exact) mass is 324 g/mol. The van der Waals surface area contributed by atoms with Crippen LogP contribution in [-0.2, 0) is 13.1 Å². The van der Waals surface area contributed by atoms with Crippen molar-refractivity contribution in [3.8, 4) is 17.6 Å². The lowest BCUT2D eigenvalue weighted by Gasteiger charge is -2.34. The van der Waals surface area contributed by atoms with E-state index in [0.29, 0.717) is 30.9 Å². The molecule has 1 unspecified atom stereocenters. The van der Waals surface area contributed by atoms with Crippen molar-refractivity contribution in [3.05, 3.63) is 58.7 Å². The number of nitrogens with zero attached hydrogens (tertiary/aromatic N) is 2. The molecule has 124 valence electrons. The number of aliphatic hydroxyl groups is 1. The van der Waals surface area contributed by atoms with E-state index < -0.39 is 6.10 Å². The van der Waals surface area contributed by atoms with Crippen LogP contribution in [0.4, 0.5) is 0 Å². The van der Waals surface area contributed by atoms with Crippen molar-refractivity contribution in [2.24, 2.45) is 0 Å². The molecule has 2 aromatic carbocycles. The van der Waals surface area contributed by atoms with Gasteiger partial charge in [0.25, 0.3) is 0 Å². The van der Waals surface area contributed by atoms with Crippen LogP contribution >= 0.6 is 0 Å². The van der Waals surface area contributed by atoms with Crippen molar-refractivity contribution >= 4 is 0 Å². The van der Waals surface area contributed by atoms with Gasteiger partial charge in [-0.2, -0.15) is 5.26 Å². The second-order valence-electron chi connectivity index (χ2n) is 5.86. The lowest BCUT2D eigenvalue weighted by atomic mass is 9.95. The normalized spacial score (nSPS) is 17.0. The van der Waals surface area contributed by atoms with E-state index in [2.05, 4.69) is 11.0 Å². The van der Waals surface area contributed by atoms with E-state index in [1.165, 1.54) is 0 Å². The molecule has 1 aliphatic rings. The van der Waals surface area contributed by atoms with Crippen molar-refractivity contribution in [3.63, 3.8) is 0 Å². The van der Waals surface area contributed by atoms with E-state index in [0.717, 1.165) is 22.4 Å². The molecule has 3 rings (SSSR count). The molecule has 0 saturated heterocycles. The smallest absolute Gasteiger partial charge is 0.125 e. The molecule has 0 saturated carbocycles. The van der Waals surface area contributed by atoms with Crippen LogP contribution in [0.1, 0.15) is 28.4 Å². The van der Waals surface area contributed by atoms with Gasteiger partial charge in [-0.1, -0.05) is 12.1 Å². The van der Waals surface area contributed by atoms with E-state index in [-0.39, 0.29) is 0 Å². The molecule has 0 amide bonds.